The number of rotatable bonds is 6. The van der Waals surface area contributed by atoms with Gasteiger partial charge in [0.15, 0.2) is 11.3 Å². The van der Waals surface area contributed by atoms with E-state index in [1.807, 2.05) is 0 Å². The van der Waals surface area contributed by atoms with E-state index < -0.39 is 47.6 Å². The van der Waals surface area contributed by atoms with Gasteiger partial charge in [-0.15, -0.1) is 0 Å². The summed E-state index contributed by atoms with van der Waals surface area (Å²) in [7, 11) is 0. The molecule has 0 saturated carbocycles. The second kappa shape index (κ2) is 9.37. The highest BCUT2D eigenvalue weighted by molar-refractivity contribution is 5.97. The Labute approximate surface area is 182 Å². The van der Waals surface area contributed by atoms with Crippen molar-refractivity contribution < 1.29 is 45.8 Å². The van der Waals surface area contributed by atoms with E-state index >= 15 is 0 Å². The van der Waals surface area contributed by atoms with Gasteiger partial charge in [0.05, 0.1) is 12.1 Å². The SMILES string of the molecule is [C-]#[N+]c1ccc(NC(=O)[C@@](C)(O)COc2ccc(NC(=O)C(F)(F)F)cc2)cc1C(F)(F)F. The fourth-order valence-corrected chi connectivity index (χ4v) is 2.33. The van der Waals surface area contributed by atoms with E-state index in [1.165, 1.54) is 12.1 Å². The van der Waals surface area contributed by atoms with Crippen molar-refractivity contribution >= 4 is 28.9 Å². The van der Waals surface area contributed by atoms with Crippen LogP contribution in [0.4, 0.5) is 43.4 Å². The van der Waals surface area contributed by atoms with Gasteiger partial charge in [0.2, 0.25) is 0 Å². The molecule has 3 N–H and O–H groups in total. The minimum atomic E-state index is -5.07. The van der Waals surface area contributed by atoms with E-state index in [0.717, 1.165) is 31.2 Å². The molecule has 0 bridgehead atoms. The Bertz CT molecular complexity index is 1070. The second-order valence-electron chi connectivity index (χ2n) is 6.83. The number of nitrogens with one attached hydrogen (secondary N) is 2. The predicted molar refractivity (Wildman–Crippen MR) is 104 cm³/mol. The molecule has 2 amide bonds. The van der Waals surface area contributed by atoms with Crippen LogP contribution in [-0.4, -0.2) is 35.3 Å². The Hall–Kier alpha value is -3.79. The van der Waals surface area contributed by atoms with Gasteiger partial charge < -0.3 is 20.5 Å². The van der Waals surface area contributed by atoms with Gasteiger partial charge in [-0.3, -0.25) is 9.59 Å². The normalized spacial score (nSPS) is 13.4. The fraction of sp³-hybridized carbons (Fsp3) is 0.250. The lowest BCUT2D eigenvalue weighted by Gasteiger charge is -2.23. The van der Waals surface area contributed by atoms with Gasteiger partial charge in [-0.2, -0.15) is 26.3 Å². The van der Waals surface area contributed by atoms with Gasteiger partial charge in [-0.05, 0) is 43.3 Å². The third-order valence-electron chi connectivity index (χ3n) is 4.06. The maximum atomic E-state index is 13.0. The van der Waals surface area contributed by atoms with Crippen molar-refractivity contribution in [2.45, 2.75) is 24.9 Å². The number of halogens is 6. The molecule has 2 aromatic carbocycles. The summed E-state index contributed by atoms with van der Waals surface area (Å²) in [4.78, 5) is 26.0. The highest BCUT2D eigenvalue weighted by atomic mass is 19.4. The van der Waals surface area contributed by atoms with Crippen molar-refractivity contribution in [1.82, 2.24) is 0 Å². The molecule has 0 unspecified atom stereocenters. The molecule has 2 aromatic rings. The van der Waals surface area contributed by atoms with Crippen LogP contribution in [0.2, 0.25) is 0 Å². The summed E-state index contributed by atoms with van der Waals surface area (Å²) < 4.78 is 81.1. The molecule has 0 aliphatic carbocycles. The van der Waals surface area contributed by atoms with Gasteiger partial charge in [0, 0.05) is 11.4 Å². The minimum absolute atomic E-state index is 0.0221. The molecule has 0 heterocycles. The molecule has 0 aromatic heterocycles. The molecular formula is C20H15F6N3O4. The Morgan fingerprint density at radius 3 is 2.03 bits per heavy atom. The van der Waals surface area contributed by atoms with E-state index in [9.17, 15) is 41.0 Å². The first kappa shape index (κ1) is 25.5. The molecule has 0 fully saturated rings. The molecule has 0 aliphatic rings. The third kappa shape index (κ3) is 6.84. The van der Waals surface area contributed by atoms with Crippen LogP contribution in [0.5, 0.6) is 5.75 Å². The number of hydrogen-bond donors (Lipinski definition) is 3. The standard InChI is InChI=1S/C20H15F6N3O4/c1-18(32,10-33-13-6-3-11(4-7-13)28-17(31)20(24,25)26)16(30)29-12-5-8-15(27-2)14(9-12)19(21,22)23/h3-9,32H,10H2,1H3,(H,28,31)(H,29,30)/t18-/m0/s1. The van der Waals surface area contributed by atoms with E-state index in [4.69, 9.17) is 11.3 Å². The van der Waals surface area contributed by atoms with Gasteiger partial charge in [0.25, 0.3) is 5.91 Å². The second-order valence-corrected chi connectivity index (χ2v) is 6.83. The molecule has 1 atom stereocenters. The van der Waals surface area contributed by atoms with E-state index in [2.05, 4.69) is 10.2 Å². The summed E-state index contributed by atoms with van der Waals surface area (Å²) in [6, 6.07) is 6.99. The monoisotopic (exact) mass is 475 g/mol. The fourth-order valence-electron chi connectivity index (χ4n) is 2.33. The molecular weight excluding hydrogens is 460 g/mol. The lowest BCUT2D eigenvalue weighted by atomic mass is 10.1. The Kier molecular flexibility index (Phi) is 7.23. The lowest BCUT2D eigenvalue weighted by Crippen LogP contribution is -2.45. The average molecular weight is 475 g/mol. The highest BCUT2D eigenvalue weighted by Crippen LogP contribution is 2.38. The van der Waals surface area contributed by atoms with Crippen LogP contribution in [0.1, 0.15) is 12.5 Å². The zero-order valence-corrected chi connectivity index (χ0v) is 16.6. The van der Waals surface area contributed by atoms with Crippen LogP contribution >= 0.6 is 0 Å². The van der Waals surface area contributed by atoms with Crippen LogP contribution in [0.3, 0.4) is 0 Å². The van der Waals surface area contributed by atoms with Crippen molar-refractivity contribution in [3.8, 4) is 5.75 Å². The number of benzene rings is 2. The maximum absolute atomic E-state index is 13.0. The number of aliphatic hydroxyl groups is 1. The van der Waals surface area contributed by atoms with Crippen LogP contribution in [-0.2, 0) is 15.8 Å². The maximum Gasteiger partial charge on any atom is 0.471 e. The minimum Gasteiger partial charge on any atom is -0.490 e. The first-order valence-corrected chi connectivity index (χ1v) is 8.87. The number of anilines is 2. The molecule has 0 aliphatic heterocycles. The van der Waals surface area contributed by atoms with Crippen LogP contribution < -0.4 is 15.4 Å². The first-order chi connectivity index (χ1) is 15.1. The van der Waals surface area contributed by atoms with Crippen LogP contribution in [0.15, 0.2) is 42.5 Å². The molecule has 0 radical (unpaired) electrons. The molecule has 13 heteroatoms. The highest BCUT2D eigenvalue weighted by Gasteiger charge is 2.39. The largest absolute Gasteiger partial charge is 0.490 e. The molecule has 0 saturated heterocycles. The van der Waals surface area contributed by atoms with Crippen LogP contribution in [0.25, 0.3) is 4.85 Å². The smallest absolute Gasteiger partial charge is 0.471 e. The van der Waals surface area contributed by atoms with Gasteiger partial charge in [-0.25, -0.2) is 4.85 Å². The Balaban J connectivity index is 2.03. The zero-order chi connectivity index (χ0) is 25.0. The summed E-state index contributed by atoms with van der Waals surface area (Å²) in [5, 5.41) is 14.0. The van der Waals surface area contributed by atoms with E-state index in [0.29, 0.717) is 6.07 Å². The van der Waals surface area contributed by atoms with Crippen molar-refractivity contribution in [2.24, 2.45) is 0 Å². The number of nitrogens with zero attached hydrogens (tertiary/aromatic N) is 1. The number of hydrogen-bond acceptors (Lipinski definition) is 4. The first-order valence-electron chi connectivity index (χ1n) is 8.87. The lowest BCUT2D eigenvalue weighted by molar-refractivity contribution is -0.167. The molecule has 7 nitrogen and oxygen atoms in total. The molecule has 2 rings (SSSR count). The van der Waals surface area contributed by atoms with Gasteiger partial charge in [0.1, 0.15) is 12.4 Å². The summed E-state index contributed by atoms with van der Waals surface area (Å²) in [6.07, 6.45) is -9.91. The van der Waals surface area contributed by atoms with Crippen LogP contribution in [0, 0.1) is 6.57 Å². The summed E-state index contributed by atoms with van der Waals surface area (Å²) in [5.74, 6) is -3.26. The number of carbonyl (C=O) groups is 2. The van der Waals surface area contributed by atoms with Gasteiger partial charge >= 0.3 is 18.3 Å². The number of amides is 2. The van der Waals surface area contributed by atoms with Crippen molar-refractivity contribution in [2.75, 3.05) is 17.2 Å². The molecule has 33 heavy (non-hydrogen) atoms. The van der Waals surface area contributed by atoms with E-state index in [-0.39, 0.29) is 17.1 Å². The van der Waals surface area contributed by atoms with Crippen molar-refractivity contribution in [1.29, 1.82) is 0 Å². The third-order valence-corrected chi connectivity index (χ3v) is 4.06. The summed E-state index contributed by atoms with van der Waals surface area (Å²) >= 11 is 0. The Morgan fingerprint density at radius 2 is 1.52 bits per heavy atom. The van der Waals surface area contributed by atoms with Gasteiger partial charge in [-0.1, -0.05) is 6.07 Å². The van der Waals surface area contributed by atoms with E-state index in [1.54, 1.807) is 5.32 Å². The topological polar surface area (TPSA) is 92.0 Å². The number of ether oxygens (including phenoxy) is 1. The number of alkyl halides is 6. The number of carbonyl (C=O) groups excluding carboxylic acids is 2. The summed E-state index contributed by atoms with van der Waals surface area (Å²) in [5.41, 5.74) is -4.64. The molecule has 176 valence electrons. The molecule has 0 spiro atoms. The predicted octanol–water partition coefficient (Wildman–Crippen LogP) is 4.53. The Morgan fingerprint density at radius 1 is 0.970 bits per heavy atom. The average Bonchev–Trinajstić information content (AvgIpc) is 2.72. The zero-order valence-electron chi connectivity index (χ0n) is 16.6. The quantitative estimate of drug-likeness (QED) is 0.423. The van der Waals surface area contributed by atoms with Crippen molar-refractivity contribution in [3.05, 3.63) is 59.4 Å². The summed E-state index contributed by atoms with van der Waals surface area (Å²) in [6.45, 7) is 7.16. The van der Waals surface area contributed by atoms with Crippen molar-refractivity contribution in [3.63, 3.8) is 0 Å².